The van der Waals surface area contributed by atoms with Gasteiger partial charge in [0.2, 0.25) is 0 Å². The average Bonchev–Trinajstić information content (AvgIpc) is 2.37. The number of carboxylic acid groups (broad SMARTS) is 1. The fourth-order valence-electron chi connectivity index (χ4n) is 2.78. The second-order valence-corrected chi connectivity index (χ2v) is 5.44. The van der Waals surface area contributed by atoms with Crippen molar-refractivity contribution in [1.29, 1.82) is 0 Å². The highest BCUT2D eigenvalue weighted by Gasteiger charge is 2.37. The van der Waals surface area contributed by atoms with Gasteiger partial charge in [-0.15, -0.1) is 0 Å². The van der Waals surface area contributed by atoms with Gasteiger partial charge in [-0.05, 0) is 31.6 Å². The Kier molecular flexibility index (Phi) is 6.12. The Labute approximate surface area is 115 Å². The molecule has 0 aliphatic carbocycles. The predicted octanol–water partition coefficient (Wildman–Crippen LogP) is 2.46. The summed E-state index contributed by atoms with van der Waals surface area (Å²) in [6.07, 6.45) is 4.57. The van der Waals surface area contributed by atoms with Crippen molar-refractivity contribution in [3.8, 4) is 0 Å². The Hall–Kier alpha value is -1.26. The number of urea groups is 1. The smallest absolute Gasteiger partial charge is 0.326 e. The largest absolute Gasteiger partial charge is 0.480 e. The molecule has 0 saturated carbocycles. The van der Waals surface area contributed by atoms with Gasteiger partial charge in [0.05, 0.1) is 0 Å². The molecule has 0 aromatic carbocycles. The molecule has 1 fully saturated rings. The lowest BCUT2D eigenvalue weighted by Crippen LogP contribution is -2.56. The SMILES string of the molecule is CCCC(CC)NC(=O)N1CCCC(C)C1C(=O)O. The molecule has 1 rings (SSSR count). The first-order valence-corrected chi connectivity index (χ1v) is 7.31. The summed E-state index contributed by atoms with van der Waals surface area (Å²) in [7, 11) is 0. The molecule has 110 valence electrons. The molecule has 2 amide bonds. The Balaban J connectivity index is 2.69. The molecule has 5 nitrogen and oxygen atoms in total. The lowest BCUT2D eigenvalue weighted by atomic mass is 9.91. The Morgan fingerprint density at radius 2 is 2.11 bits per heavy atom. The van der Waals surface area contributed by atoms with Gasteiger partial charge in [-0.2, -0.15) is 0 Å². The highest BCUT2D eigenvalue weighted by atomic mass is 16.4. The van der Waals surface area contributed by atoms with Crippen molar-refractivity contribution in [1.82, 2.24) is 10.2 Å². The number of carboxylic acids is 1. The number of carbonyl (C=O) groups excluding carboxylic acids is 1. The standard InChI is InChI=1S/C14H26N2O3/c1-4-7-11(5-2)15-14(19)16-9-6-8-10(3)12(16)13(17)18/h10-12H,4-9H2,1-3H3,(H,15,19)(H,17,18). The molecule has 0 spiro atoms. The van der Waals surface area contributed by atoms with Crippen LogP contribution in [0.5, 0.6) is 0 Å². The number of piperidine rings is 1. The lowest BCUT2D eigenvalue weighted by Gasteiger charge is -2.38. The number of rotatable bonds is 5. The summed E-state index contributed by atoms with van der Waals surface area (Å²) in [5.74, 6) is -0.880. The van der Waals surface area contributed by atoms with Crippen LogP contribution in [-0.4, -0.2) is 40.6 Å². The number of hydrogen-bond acceptors (Lipinski definition) is 2. The van der Waals surface area contributed by atoms with E-state index in [4.69, 9.17) is 0 Å². The van der Waals surface area contributed by atoms with Crippen LogP contribution in [0.3, 0.4) is 0 Å². The number of carbonyl (C=O) groups is 2. The van der Waals surface area contributed by atoms with Crippen LogP contribution in [0.2, 0.25) is 0 Å². The Morgan fingerprint density at radius 1 is 1.42 bits per heavy atom. The molecule has 19 heavy (non-hydrogen) atoms. The number of aliphatic carboxylic acids is 1. The zero-order valence-corrected chi connectivity index (χ0v) is 12.2. The van der Waals surface area contributed by atoms with E-state index in [0.29, 0.717) is 6.54 Å². The van der Waals surface area contributed by atoms with Gasteiger partial charge in [0.1, 0.15) is 6.04 Å². The van der Waals surface area contributed by atoms with Gasteiger partial charge < -0.3 is 15.3 Å². The first kappa shape index (κ1) is 15.8. The third-order valence-electron chi connectivity index (χ3n) is 3.90. The number of hydrogen-bond donors (Lipinski definition) is 2. The topological polar surface area (TPSA) is 69.6 Å². The van der Waals surface area contributed by atoms with E-state index in [2.05, 4.69) is 12.2 Å². The molecule has 3 unspecified atom stereocenters. The Bertz CT molecular complexity index is 320. The zero-order chi connectivity index (χ0) is 14.4. The van der Waals surface area contributed by atoms with Gasteiger partial charge in [0, 0.05) is 12.6 Å². The first-order chi connectivity index (χ1) is 9.01. The van der Waals surface area contributed by atoms with Crippen LogP contribution in [0.1, 0.15) is 52.9 Å². The van der Waals surface area contributed by atoms with Crippen molar-refractivity contribution in [2.45, 2.75) is 65.0 Å². The molecule has 5 heteroatoms. The van der Waals surface area contributed by atoms with Crippen LogP contribution in [0.25, 0.3) is 0 Å². The van der Waals surface area contributed by atoms with Gasteiger partial charge in [-0.3, -0.25) is 0 Å². The van der Waals surface area contributed by atoms with Gasteiger partial charge in [0.25, 0.3) is 0 Å². The van der Waals surface area contributed by atoms with E-state index in [1.807, 2.05) is 13.8 Å². The van der Waals surface area contributed by atoms with E-state index < -0.39 is 12.0 Å². The van der Waals surface area contributed by atoms with E-state index in [0.717, 1.165) is 32.1 Å². The summed E-state index contributed by atoms with van der Waals surface area (Å²) in [6, 6.07) is -0.767. The van der Waals surface area contributed by atoms with Crippen molar-refractivity contribution in [2.24, 2.45) is 5.92 Å². The summed E-state index contributed by atoms with van der Waals surface area (Å²) >= 11 is 0. The molecular weight excluding hydrogens is 244 g/mol. The van der Waals surface area contributed by atoms with Gasteiger partial charge >= 0.3 is 12.0 Å². The fourth-order valence-corrected chi connectivity index (χ4v) is 2.78. The number of amides is 2. The minimum Gasteiger partial charge on any atom is -0.480 e. The maximum atomic E-state index is 12.3. The maximum absolute atomic E-state index is 12.3. The third kappa shape index (κ3) is 4.11. The van der Waals surface area contributed by atoms with Crippen LogP contribution in [0.15, 0.2) is 0 Å². The number of likely N-dealkylation sites (tertiary alicyclic amines) is 1. The second kappa shape index (κ2) is 7.36. The van der Waals surface area contributed by atoms with Crippen LogP contribution >= 0.6 is 0 Å². The van der Waals surface area contributed by atoms with Gasteiger partial charge in [-0.1, -0.05) is 27.2 Å². The third-order valence-corrected chi connectivity index (χ3v) is 3.90. The minimum absolute atomic E-state index is 0.0169. The second-order valence-electron chi connectivity index (χ2n) is 5.44. The highest BCUT2D eigenvalue weighted by molar-refractivity contribution is 5.83. The monoisotopic (exact) mass is 270 g/mol. The number of nitrogens with zero attached hydrogens (tertiary/aromatic N) is 1. The molecule has 0 bridgehead atoms. The normalized spacial score (nSPS) is 24.9. The summed E-state index contributed by atoms with van der Waals surface area (Å²) < 4.78 is 0. The number of nitrogens with one attached hydrogen (secondary N) is 1. The molecule has 0 aromatic heterocycles. The van der Waals surface area contributed by atoms with E-state index in [1.54, 1.807) is 0 Å². The molecule has 1 heterocycles. The molecule has 3 atom stereocenters. The van der Waals surface area contributed by atoms with E-state index in [1.165, 1.54) is 4.90 Å². The summed E-state index contributed by atoms with van der Waals surface area (Å²) in [4.78, 5) is 25.1. The van der Waals surface area contributed by atoms with Crippen LogP contribution in [0.4, 0.5) is 4.79 Å². The summed E-state index contributed by atoms with van der Waals surface area (Å²) in [6.45, 7) is 6.56. The molecule has 1 aliphatic rings. The van der Waals surface area contributed by atoms with E-state index in [-0.39, 0.29) is 18.0 Å². The van der Waals surface area contributed by atoms with E-state index >= 15 is 0 Å². The minimum atomic E-state index is -0.897. The van der Waals surface area contributed by atoms with Gasteiger partial charge in [-0.25, -0.2) is 9.59 Å². The predicted molar refractivity (Wildman–Crippen MR) is 74.0 cm³/mol. The summed E-state index contributed by atoms with van der Waals surface area (Å²) in [5.41, 5.74) is 0. The molecule has 0 radical (unpaired) electrons. The van der Waals surface area contributed by atoms with E-state index in [9.17, 15) is 14.7 Å². The molecule has 1 saturated heterocycles. The van der Waals surface area contributed by atoms with Crippen LogP contribution in [0, 0.1) is 5.92 Å². The van der Waals surface area contributed by atoms with Crippen molar-refractivity contribution in [3.63, 3.8) is 0 Å². The molecular formula is C14H26N2O3. The van der Waals surface area contributed by atoms with Crippen LogP contribution in [-0.2, 0) is 4.79 Å². The fraction of sp³-hybridized carbons (Fsp3) is 0.857. The lowest BCUT2D eigenvalue weighted by molar-refractivity contribution is -0.145. The zero-order valence-electron chi connectivity index (χ0n) is 12.2. The van der Waals surface area contributed by atoms with Crippen LogP contribution < -0.4 is 5.32 Å². The Morgan fingerprint density at radius 3 is 2.63 bits per heavy atom. The molecule has 2 N–H and O–H groups in total. The molecule has 1 aliphatic heterocycles. The van der Waals surface area contributed by atoms with Crippen molar-refractivity contribution in [2.75, 3.05) is 6.54 Å². The van der Waals surface area contributed by atoms with Gasteiger partial charge in [0.15, 0.2) is 0 Å². The highest BCUT2D eigenvalue weighted by Crippen LogP contribution is 2.23. The quantitative estimate of drug-likeness (QED) is 0.806. The first-order valence-electron chi connectivity index (χ1n) is 7.31. The average molecular weight is 270 g/mol. The van der Waals surface area contributed by atoms with Crippen molar-refractivity contribution < 1.29 is 14.7 Å². The summed E-state index contributed by atoms with van der Waals surface area (Å²) in [5, 5.41) is 12.3. The van der Waals surface area contributed by atoms with Crippen molar-refractivity contribution >= 4 is 12.0 Å². The van der Waals surface area contributed by atoms with Crippen molar-refractivity contribution in [3.05, 3.63) is 0 Å². The molecule has 0 aromatic rings. The maximum Gasteiger partial charge on any atom is 0.326 e.